The zero-order chi connectivity index (χ0) is 17.9. The molecule has 1 aromatic carbocycles. The van der Waals surface area contributed by atoms with Gasteiger partial charge in [0, 0.05) is 11.5 Å². The number of carbonyl (C=O) groups excluding carboxylic acids is 2. The molecule has 0 radical (unpaired) electrons. The Morgan fingerprint density at radius 1 is 1.00 bits per heavy atom. The molecule has 26 heavy (non-hydrogen) atoms. The molecule has 1 saturated carbocycles. The van der Waals surface area contributed by atoms with E-state index in [0.717, 1.165) is 18.4 Å². The van der Waals surface area contributed by atoms with Crippen LogP contribution in [0.4, 0.5) is 11.5 Å². The van der Waals surface area contributed by atoms with Crippen molar-refractivity contribution in [1.29, 1.82) is 0 Å². The van der Waals surface area contributed by atoms with E-state index in [1.54, 1.807) is 12.1 Å². The van der Waals surface area contributed by atoms with Crippen LogP contribution in [0.5, 0.6) is 0 Å². The van der Waals surface area contributed by atoms with Crippen molar-refractivity contribution in [1.82, 2.24) is 10.1 Å². The number of anilines is 2. The molecule has 0 spiro atoms. The minimum absolute atomic E-state index is 0.00809. The Labute approximate surface area is 149 Å². The van der Waals surface area contributed by atoms with Gasteiger partial charge >= 0.3 is 0 Å². The standard InChI is InChI=1S/C19H16N4O3/c24-18(13-6-7-13)23-16-9-8-14(10-20-16)22-19(25)15-11-21-26-17(15)12-4-2-1-3-5-12/h1-5,8-11,13H,6-7H2,(H,22,25)(H,20,23,24). The van der Waals surface area contributed by atoms with Gasteiger partial charge in [-0.1, -0.05) is 35.5 Å². The van der Waals surface area contributed by atoms with Crippen molar-refractivity contribution in [2.45, 2.75) is 12.8 Å². The van der Waals surface area contributed by atoms with Crippen molar-refractivity contribution in [2.75, 3.05) is 10.6 Å². The Morgan fingerprint density at radius 2 is 1.81 bits per heavy atom. The van der Waals surface area contributed by atoms with Crippen LogP contribution in [-0.2, 0) is 4.79 Å². The third kappa shape index (κ3) is 3.46. The normalized spacial score (nSPS) is 13.2. The number of benzene rings is 1. The first-order chi connectivity index (χ1) is 12.7. The van der Waals surface area contributed by atoms with Gasteiger partial charge in [-0.25, -0.2) is 4.98 Å². The van der Waals surface area contributed by atoms with Crippen molar-refractivity contribution in [2.24, 2.45) is 5.92 Å². The fourth-order valence-corrected chi connectivity index (χ4v) is 2.51. The van der Waals surface area contributed by atoms with Crippen molar-refractivity contribution >= 4 is 23.3 Å². The SMILES string of the molecule is O=C(Nc1ccc(NC(=O)C2CC2)nc1)c1cnoc1-c1ccccc1. The van der Waals surface area contributed by atoms with Gasteiger partial charge < -0.3 is 15.2 Å². The lowest BCUT2D eigenvalue weighted by atomic mass is 10.1. The molecule has 2 aromatic heterocycles. The molecule has 0 saturated heterocycles. The number of nitrogens with one attached hydrogen (secondary N) is 2. The molecule has 0 bridgehead atoms. The monoisotopic (exact) mass is 348 g/mol. The van der Waals surface area contributed by atoms with Gasteiger partial charge in [0.15, 0.2) is 5.76 Å². The van der Waals surface area contributed by atoms with E-state index in [1.807, 2.05) is 30.3 Å². The highest BCUT2D eigenvalue weighted by Gasteiger charge is 2.29. The number of amides is 2. The summed E-state index contributed by atoms with van der Waals surface area (Å²) < 4.78 is 5.23. The highest BCUT2D eigenvalue weighted by molar-refractivity contribution is 6.07. The van der Waals surface area contributed by atoms with Crippen LogP contribution in [0.25, 0.3) is 11.3 Å². The van der Waals surface area contributed by atoms with E-state index < -0.39 is 0 Å². The number of aromatic nitrogens is 2. The summed E-state index contributed by atoms with van der Waals surface area (Å²) in [6.07, 6.45) is 4.75. The van der Waals surface area contributed by atoms with Crippen LogP contribution in [0.1, 0.15) is 23.2 Å². The summed E-state index contributed by atoms with van der Waals surface area (Å²) in [6.45, 7) is 0. The molecule has 2 N–H and O–H groups in total. The second kappa shape index (κ2) is 6.79. The van der Waals surface area contributed by atoms with E-state index >= 15 is 0 Å². The third-order valence-corrected chi connectivity index (χ3v) is 4.07. The summed E-state index contributed by atoms with van der Waals surface area (Å²) in [5.41, 5.74) is 1.62. The number of rotatable bonds is 5. The molecular weight excluding hydrogens is 332 g/mol. The molecule has 1 fully saturated rings. The highest BCUT2D eigenvalue weighted by atomic mass is 16.5. The Kier molecular flexibility index (Phi) is 4.18. The van der Waals surface area contributed by atoms with Crippen molar-refractivity contribution in [3.05, 3.63) is 60.4 Å². The summed E-state index contributed by atoms with van der Waals surface area (Å²) >= 11 is 0. The van der Waals surface area contributed by atoms with Gasteiger partial charge in [0.25, 0.3) is 5.91 Å². The second-order valence-corrected chi connectivity index (χ2v) is 6.08. The molecule has 2 heterocycles. The molecule has 4 rings (SSSR count). The van der Waals surface area contributed by atoms with Crippen LogP contribution in [0, 0.1) is 5.92 Å². The molecule has 130 valence electrons. The van der Waals surface area contributed by atoms with E-state index in [-0.39, 0.29) is 17.7 Å². The topological polar surface area (TPSA) is 97.1 Å². The lowest BCUT2D eigenvalue weighted by Crippen LogP contribution is -2.15. The van der Waals surface area contributed by atoms with E-state index in [2.05, 4.69) is 20.8 Å². The quantitative estimate of drug-likeness (QED) is 0.737. The minimum atomic E-state index is -0.346. The van der Waals surface area contributed by atoms with Crippen LogP contribution in [0.2, 0.25) is 0 Å². The first kappa shape index (κ1) is 16.0. The van der Waals surface area contributed by atoms with Gasteiger partial charge in [0.1, 0.15) is 11.4 Å². The average Bonchev–Trinajstić information content (AvgIpc) is 3.40. The summed E-state index contributed by atoms with van der Waals surface area (Å²) in [5.74, 6) is 0.633. The number of pyridine rings is 1. The molecule has 0 atom stereocenters. The van der Waals surface area contributed by atoms with Gasteiger partial charge in [0.2, 0.25) is 5.91 Å². The van der Waals surface area contributed by atoms with Gasteiger partial charge in [-0.05, 0) is 25.0 Å². The van der Waals surface area contributed by atoms with Gasteiger partial charge in [0.05, 0.1) is 18.1 Å². The molecule has 0 aliphatic heterocycles. The largest absolute Gasteiger partial charge is 0.355 e. The fourth-order valence-electron chi connectivity index (χ4n) is 2.51. The predicted octanol–water partition coefficient (Wildman–Crippen LogP) is 3.34. The molecule has 3 aromatic rings. The van der Waals surface area contributed by atoms with Crippen LogP contribution in [-0.4, -0.2) is 22.0 Å². The third-order valence-electron chi connectivity index (χ3n) is 4.07. The average molecular weight is 348 g/mol. The van der Waals surface area contributed by atoms with Gasteiger partial charge in [-0.2, -0.15) is 0 Å². The lowest BCUT2D eigenvalue weighted by Gasteiger charge is -2.07. The first-order valence-corrected chi connectivity index (χ1v) is 8.29. The van der Waals surface area contributed by atoms with Crippen molar-refractivity contribution < 1.29 is 14.1 Å². The fraction of sp³-hybridized carbons (Fsp3) is 0.158. The van der Waals surface area contributed by atoms with Crippen LogP contribution >= 0.6 is 0 Å². The maximum atomic E-state index is 12.5. The molecule has 7 heteroatoms. The molecule has 0 unspecified atom stereocenters. The Balaban J connectivity index is 1.45. The highest BCUT2D eigenvalue weighted by Crippen LogP contribution is 2.30. The summed E-state index contributed by atoms with van der Waals surface area (Å²) in [4.78, 5) is 28.4. The summed E-state index contributed by atoms with van der Waals surface area (Å²) in [6, 6.07) is 12.6. The van der Waals surface area contributed by atoms with Crippen molar-refractivity contribution in [3.8, 4) is 11.3 Å². The second-order valence-electron chi connectivity index (χ2n) is 6.08. The smallest absolute Gasteiger partial charge is 0.261 e. The van der Waals surface area contributed by atoms with Gasteiger partial charge in [-0.3, -0.25) is 9.59 Å². The van der Waals surface area contributed by atoms with E-state index in [1.165, 1.54) is 12.4 Å². The van der Waals surface area contributed by atoms with E-state index in [9.17, 15) is 9.59 Å². The zero-order valence-electron chi connectivity index (χ0n) is 13.8. The van der Waals surface area contributed by atoms with E-state index in [4.69, 9.17) is 4.52 Å². The van der Waals surface area contributed by atoms with Gasteiger partial charge in [-0.15, -0.1) is 0 Å². The maximum absolute atomic E-state index is 12.5. The predicted molar refractivity (Wildman–Crippen MR) is 95.5 cm³/mol. The number of nitrogens with zero attached hydrogens (tertiary/aromatic N) is 2. The molecular formula is C19H16N4O3. The lowest BCUT2D eigenvalue weighted by molar-refractivity contribution is -0.117. The summed E-state index contributed by atoms with van der Waals surface area (Å²) in [7, 11) is 0. The first-order valence-electron chi connectivity index (χ1n) is 8.29. The Morgan fingerprint density at radius 3 is 2.50 bits per heavy atom. The Bertz CT molecular complexity index is 931. The minimum Gasteiger partial charge on any atom is -0.355 e. The van der Waals surface area contributed by atoms with Crippen LogP contribution < -0.4 is 10.6 Å². The molecule has 2 amide bonds. The van der Waals surface area contributed by atoms with Crippen LogP contribution in [0.15, 0.2) is 59.4 Å². The molecule has 1 aliphatic rings. The Hall–Kier alpha value is -3.48. The zero-order valence-corrected chi connectivity index (χ0v) is 13.8. The van der Waals surface area contributed by atoms with E-state index in [0.29, 0.717) is 22.8 Å². The van der Waals surface area contributed by atoms with Crippen LogP contribution in [0.3, 0.4) is 0 Å². The molecule has 1 aliphatic carbocycles. The van der Waals surface area contributed by atoms with Crippen molar-refractivity contribution in [3.63, 3.8) is 0 Å². The maximum Gasteiger partial charge on any atom is 0.261 e. The number of hydrogen-bond donors (Lipinski definition) is 2. The molecule has 7 nitrogen and oxygen atoms in total. The number of carbonyl (C=O) groups is 2. The summed E-state index contributed by atoms with van der Waals surface area (Å²) in [5, 5.41) is 9.24. The number of hydrogen-bond acceptors (Lipinski definition) is 5.